The maximum absolute atomic E-state index is 2.57. The summed E-state index contributed by atoms with van der Waals surface area (Å²) in [7, 11) is -2.64. The molecule has 23 heavy (non-hydrogen) atoms. The SMILES string of the molecule is C[Si](C)(C)[Si](C)(C)c1ccc2ccc3cccc4ccc1c2c34. The highest BCUT2D eigenvalue weighted by Crippen LogP contribution is 2.35. The van der Waals surface area contributed by atoms with Gasteiger partial charge in [0.2, 0.25) is 0 Å². The average molecular weight is 333 g/mol. The Morgan fingerprint density at radius 3 is 1.70 bits per heavy atom. The van der Waals surface area contributed by atoms with Crippen LogP contribution in [0.25, 0.3) is 32.3 Å². The number of hydrogen-bond donors (Lipinski definition) is 0. The van der Waals surface area contributed by atoms with Gasteiger partial charge in [-0.2, -0.15) is 0 Å². The summed E-state index contributed by atoms with van der Waals surface area (Å²) in [6.45, 7) is 12.8. The Bertz CT molecular complexity index is 1010. The zero-order valence-electron chi connectivity index (χ0n) is 14.7. The summed E-state index contributed by atoms with van der Waals surface area (Å²) in [6.07, 6.45) is 0. The maximum Gasteiger partial charge on any atom is 0.0744 e. The first-order chi connectivity index (χ1) is 10.8. The lowest BCUT2D eigenvalue weighted by Gasteiger charge is -2.37. The third-order valence-corrected chi connectivity index (χ3v) is 23.7. The van der Waals surface area contributed by atoms with Gasteiger partial charge < -0.3 is 0 Å². The van der Waals surface area contributed by atoms with E-state index in [-0.39, 0.29) is 0 Å². The first-order valence-corrected chi connectivity index (χ1v) is 16.0. The molecule has 0 N–H and O–H groups in total. The number of benzene rings is 4. The smallest absolute Gasteiger partial charge is 0.0712 e. The molecule has 4 aromatic rings. The molecule has 0 spiro atoms. The van der Waals surface area contributed by atoms with Gasteiger partial charge in [0.05, 0.1) is 7.59 Å². The van der Waals surface area contributed by atoms with E-state index in [1.807, 2.05) is 0 Å². The molecule has 0 aliphatic rings. The first kappa shape index (κ1) is 14.9. The van der Waals surface area contributed by atoms with Crippen molar-refractivity contribution in [2.75, 3.05) is 0 Å². The average Bonchev–Trinajstić information content (AvgIpc) is 2.51. The second-order valence-electron chi connectivity index (χ2n) is 8.34. The number of rotatable bonds is 2. The fraction of sp³-hybridized carbons (Fsp3) is 0.238. The lowest BCUT2D eigenvalue weighted by atomic mass is 9.94. The van der Waals surface area contributed by atoms with Gasteiger partial charge in [-0.05, 0) is 32.3 Å². The molecule has 0 aliphatic heterocycles. The van der Waals surface area contributed by atoms with Gasteiger partial charge in [-0.25, -0.2) is 0 Å². The van der Waals surface area contributed by atoms with Crippen molar-refractivity contribution in [2.45, 2.75) is 32.7 Å². The van der Waals surface area contributed by atoms with E-state index in [4.69, 9.17) is 0 Å². The summed E-state index contributed by atoms with van der Waals surface area (Å²) in [5, 5.41) is 10.2. The van der Waals surface area contributed by atoms with Crippen molar-refractivity contribution < 1.29 is 0 Å². The quantitative estimate of drug-likeness (QED) is 0.316. The van der Waals surface area contributed by atoms with Gasteiger partial charge in [0, 0.05) is 7.59 Å². The van der Waals surface area contributed by atoms with Crippen LogP contribution >= 0.6 is 0 Å². The van der Waals surface area contributed by atoms with Gasteiger partial charge in [-0.15, -0.1) is 0 Å². The molecule has 4 rings (SSSR count). The van der Waals surface area contributed by atoms with Crippen molar-refractivity contribution in [3.63, 3.8) is 0 Å². The summed E-state index contributed by atoms with van der Waals surface area (Å²) in [5.41, 5.74) is 0. The third kappa shape index (κ3) is 2.01. The van der Waals surface area contributed by atoms with Crippen LogP contribution in [-0.2, 0) is 0 Å². The molecule has 116 valence electrons. The molecule has 0 radical (unpaired) electrons. The van der Waals surface area contributed by atoms with Crippen LogP contribution in [0.15, 0.2) is 54.6 Å². The van der Waals surface area contributed by atoms with E-state index in [1.54, 1.807) is 5.19 Å². The Hall–Kier alpha value is -1.65. The highest BCUT2D eigenvalue weighted by Gasteiger charge is 2.39. The van der Waals surface area contributed by atoms with Crippen LogP contribution in [0.3, 0.4) is 0 Å². The van der Waals surface area contributed by atoms with Crippen LogP contribution < -0.4 is 5.19 Å². The van der Waals surface area contributed by atoms with Crippen LogP contribution in [0, 0.1) is 0 Å². The zero-order chi connectivity index (χ0) is 16.4. The van der Waals surface area contributed by atoms with Crippen molar-refractivity contribution in [2.24, 2.45) is 0 Å². The zero-order valence-corrected chi connectivity index (χ0v) is 16.7. The van der Waals surface area contributed by atoms with E-state index >= 15 is 0 Å². The molecule has 0 nitrogen and oxygen atoms in total. The van der Waals surface area contributed by atoms with Crippen LogP contribution in [0.1, 0.15) is 0 Å². The Kier molecular flexibility index (Phi) is 3.04. The van der Waals surface area contributed by atoms with Gasteiger partial charge in [0.25, 0.3) is 0 Å². The lowest BCUT2D eigenvalue weighted by molar-refractivity contribution is 1.73. The molecule has 0 heterocycles. The summed E-state index contributed by atoms with van der Waals surface area (Å²) in [4.78, 5) is 0. The van der Waals surface area contributed by atoms with Gasteiger partial charge in [0.1, 0.15) is 0 Å². The molecule has 4 aromatic carbocycles. The predicted octanol–water partition coefficient (Wildman–Crippen LogP) is 5.92. The molecule has 0 amide bonds. The van der Waals surface area contributed by atoms with E-state index in [0.29, 0.717) is 0 Å². The summed E-state index contributed by atoms with van der Waals surface area (Å²) >= 11 is 0. The van der Waals surface area contributed by atoms with E-state index in [1.165, 1.54) is 32.3 Å². The minimum absolute atomic E-state index is 1.20. The fourth-order valence-corrected chi connectivity index (χ4v) is 8.95. The van der Waals surface area contributed by atoms with Crippen molar-refractivity contribution >= 4 is 52.7 Å². The van der Waals surface area contributed by atoms with Gasteiger partial charge in [-0.3, -0.25) is 0 Å². The largest absolute Gasteiger partial charge is 0.0744 e. The second kappa shape index (κ2) is 4.68. The standard InChI is InChI=1S/C21H24Si2/c1-22(2,3)23(4,5)19-14-12-17-10-9-15-7-6-8-16-11-13-18(19)21(17)20(15)16/h6-14H,1-5H3. The molecule has 2 heteroatoms. The molecular formula is C21H24Si2. The minimum atomic E-state index is -1.43. The van der Waals surface area contributed by atoms with E-state index in [0.717, 1.165) is 0 Å². The first-order valence-electron chi connectivity index (χ1n) is 8.48. The van der Waals surface area contributed by atoms with Crippen LogP contribution in [0.2, 0.25) is 32.7 Å². The summed E-state index contributed by atoms with van der Waals surface area (Å²) in [5.74, 6) is 0. The monoisotopic (exact) mass is 332 g/mol. The van der Waals surface area contributed by atoms with E-state index < -0.39 is 15.2 Å². The molecule has 0 fully saturated rings. The number of hydrogen-bond acceptors (Lipinski definition) is 0. The van der Waals surface area contributed by atoms with Crippen molar-refractivity contribution in [1.82, 2.24) is 0 Å². The maximum atomic E-state index is 2.57. The predicted molar refractivity (Wildman–Crippen MR) is 111 cm³/mol. The van der Waals surface area contributed by atoms with Gasteiger partial charge >= 0.3 is 0 Å². The summed E-state index contributed by atoms with van der Waals surface area (Å²) in [6, 6.07) is 20.7. The molecule has 0 atom stereocenters. The Labute approximate surface area is 140 Å². The van der Waals surface area contributed by atoms with Crippen LogP contribution in [-0.4, -0.2) is 15.2 Å². The van der Waals surface area contributed by atoms with E-state index in [9.17, 15) is 0 Å². The van der Waals surface area contributed by atoms with Crippen molar-refractivity contribution in [1.29, 1.82) is 0 Å². The third-order valence-electron chi connectivity index (χ3n) is 6.08. The fourth-order valence-electron chi connectivity index (χ4n) is 3.68. The molecule has 0 saturated heterocycles. The highest BCUT2D eigenvalue weighted by atomic mass is 29.3. The molecule has 0 saturated carbocycles. The van der Waals surface area contributed by atoms with Gasteiger partial charge in [0.15, 0.2) is 0 Å². The molecule has 0 unspecified atom stereocenters. The Balaban J connectivity index is 2.20. The normalized spacial score (nSPS) is 13.4. The summed E-state index contributed by atoms with van der Waals surface area (Å²) < 4.78 is 0. The van der Waals surface area contributed by atoms with E-state index in [2.05, 4.69) is 87.3 Å². The van der Waals surface area contributed by atoms with Crippen LogP contribution in [0.4, 0.5) is 0 Å². The van der Waals surface area contributed by atoms with Gasteiger partial charge in [-0.1, -0.05) is 92.5 Å². The molecule has 0 bridgehead atoms. The van der Waals surface area contributed by atoms with Crippen LogP contribution in [0.5, 0.6) is 0 Å². The minimum Gasteiger partial charge on any atom is -0.0712 e. The van der Waals surface area contributed by atoms with Crippen molar-refractivity contribution in [3.05, 3.63) is 54.6 Å². The molecule has 0 aliphatic carbocycles. The topological polar surface area (TPSA) is 0 Å². The Morgan fingerprint density at radius 2 is 1.09 bits per heavy atom. The molecule has 0 aromatic heterocycles. The Morgan fingerprint density at radius 1 is 0.565 bits per heavy atom. The van der Waals surface area contributed by atoms with Crippen molar-refractivity contribution in [3.8, 4) is 0 Å². The second-order valence-corrected chi connectivity index (χ2v) is 24.9. The molecular weight excluding hydrogens is 308 g/mol. The highest BCUT2D eigenvalue weighted by molar-refractivity contribution is 7.45. The lowest BCUT2D eigenvalue weighted by Crippen LogP contribution is -2.61.